The Morgan fingerprint density at radius 3 is 1.64 bits per heavy atom. The molecule has 216 valence electrons. The van der Waals surface area contributed by atoms with Crippen LogP contribution in [0.25, 0.3) is 0 Å². The van der Waals surface area contributed by atoms with Gasteiger partial charge in [-0.15, -0.1) is 0 Å². The molecule has 2 aromatic carbocycles. The first-order chi connectivity index (χ1) is 18.7. The van der Waals surface area contributed by atoms with Gasteiger partial charge >= 0.3 is 0 Å². The van der Waals surface area contributed by atoms with Crippen LogP contribution < -0.4 is 10.4 Å². The van der Waals surface area contributed by atoms with Gasteiger partial charge in [-0.3, -0.25) is 4.79 Å². The van der Waals surface area contributed by atoms with E-state index in [9.17, 15) is 4.79 Å². The summed E-state index contributed by atoms with van der Waals surface area (Å²) in [6, 6.07) is 21.3. The summed E-state index contributed by atoms with van der Waals surface area (Å²) in [5.74, 6) is 0.0521. The van der Waals surface area contributed by atoms with Crippen molar-refractivity contribution in [1.82, 2.24) is 0 Å². The zero-order chi connectivity index (χ0) is 28.6. The fraction of sp³-hybridized carbons (Fsp3) is 0.583. The molecule has 0 aromatic heterocycles. The van der Waals surface area contributed by atoms with Crippen molar-refractivity contribution in [2.45, 2.75) is 124 Å². The van der Waals surface area contributed by atoms with Gasteiger partial charge in [0.2, 0.25) is 0 Å². The molecule has 0 aliphatic rings. The van der Waals surface area contributed by atoms with Crippen LogP contribution in [0.3, 0.4) is 0 Å². The second-order valence-corrected chi connectivity index (χ2v) is 16.8. The molecule has 0 aliphatic heterocycles. The number of carbonyl (C=O) groups is 1. The highest BCUT2D eigenvalue weighted by Gasteiger charge is 2.50. The third-order valence-electron chi connectivity index (χ3n) is 8.06. The predicted octanol–water partition coefficient (Wildman–Crippen LogP) is 9.42. The average molecular weight is 549 g/mol. The zero-order valence-corrected chi connectivity index (χ0v) is 26.9. The van der Waals surface area contributed by atoms with Gasteiger partial charge in [-0.1, -0.05) is 166 Å². The smallest absolute Gasteiger partial charge is 0.261 e. The van der Waals surface area contributed by atoms with E-state index in [1.807, 2.05) is 13.8 Å². The Kier molecular flexibility index (Phi) is 15.1. The van der Waals surface area contributed by atoms with Gasteiger partial charge in [-0.05, 0) is 40.8 Å². The van der Waals surface area contributed by atoms with Gasteiger partial charge < -0.3 is 4.43 Å². The largest absolute Gasteiger partial charge is 0.407 e. The van der Waals surface area contributed by atoms with Crippen molar-refractivity contribution in [3.63, 3.8) is 0 Å². The molecule has 0 fully saturated rings. The van der Waals surface area contributed by atoms with Crippen molar-refractivity contribution < 1.29 is 9.22 Å². The van der Waals surface area contributed by atoms with Crippen LogP contribution in [0.4, 0.5) is 0 Å². The lowest BCUT2D eigenvalue weighted by atomic mass is 9.99. The Balaban J connectivity index is 1.89. The molecule has 0 unspecified atom stereocenters. The van der Waals surface area contributed by atoms with Crippen molar-refractivity contribution >= 4 is 24.5 Å². The number of benzene rings is 2. The Bertz CT molecular complexity index is 919. The second kappa shape index (κ2) is 17.7. The summed E-state index contributed by atoms with van der Waals surface area (Å²) in [4.78, 5) is 13.3. The number of rotatable bonds is 19. The SMILES string of the molecule is CCCCCCCCCCCCC/C=C(\C)C(=O)[C@@H](C)CO[Si](c1ccccc1)(c1ccccc1)C(C)(C)C. The van der Waals surface area contributed by atoms with Crippen LogP contribution in [0.5, 0.6) is 0 Å². The van der Waals surface area contributed by atoms with E-state index in [0.717, 1.165) is 12.0 Å². The van der Waals surface area contributed by atoms with E-state index in [1.54, 1.807) is 0 Å². The first kappa shape index (κ1) is 33.2. The average Bonchev–Trinajstić information content (AvgIpc) is 2.93. The first-order valence-corrected chi connectivity index (χ1v) is 17.6. The monoisotopic (exact) mass is 548 g/mol. The summed E-state index contributed by atoms with van der Waals surface area (Å²) in [7, 11) is -2.62. The van der Waals surface area contributed by atoms with Crippen LogP contribution in [-0.4, -0.2) is 20.7 Å². The van der Waals surface area contributed by atoms with Gasteiger partial charge in [-0.2, -0.15) is 0 Å². The highest BCUT2D eigenvalue weighted by atomic mass is 28.4. The molecular weight excluding hydrogens is 492 g/mol. The van der Waals surface area contributed by atoms with Crippen molar-refractivity contribution in [2.24, 2.45) is 5.92 Å². The van der Waals surface area contributed by atoms with E-state index in [1.165, 1.54) is 81.0 Å². The summed E-state index contributed by atoms with van der Waals surface area (Å²) < 4.78 is 7.01. The maximum Gasteiger partial charge on any atom is 0.261 e. The molecule has 0 amide bonds. The number of Topliss-reactive ketones (excluding diaryl/α,β-unsaturated/α-hetero) is 1. The molecule has 0 radical (unpaired) electrons. The molecule has 2 rings (SSSR count). The van der Waals surface area contributed by atoms with Gasteiger partial charge in [0.25, 0.3) is 8.32 Å². The Labute approximate surface area is 241 Å². The molecule has 0 saturated heterocycles. The molecule has 0 spiro atoms. The lowest BCUT2D eigenvalue weighted by molar-refractivity contribution is -0.119. The van der Waals surface area contributed by atoms with Gasteiger partial charge in [0.1, 0.15) is 0 Å². The van der Waals surface area contributed by atoms with Gasteiger partial charge in [0.05, 0.1) is 0 Å². The van der Waals surface area contributed by atoms with Crippen LogP contribution in [0.15, 0.2) is 72.3 Å². The van der Waals surface area contributed by atoms with Crippen LogP contribution in [0, 0.1) is 5.92 Å². The fourth-order valence-corrected chi connectivity index (χ4v) is 10.4. The van der Waals surface area contributed by atoms with Crippen molar-refractivity contribution in [3.05, 3.63) is 72.3 Å². The number of unbranched alkanes of at least 4 members (excludes halogenated alkanes) is 11. The Hall–Kier alpha value is -1.97. The van der Waals surface area contributed by atoms with Crippen LogP contribution in [0.2, 0.25) is 5.04 Å². The van der Waals surface area contributed by atoms with Crippen LogP contribution in [-0.2, 0) is 9.22 Å². The Morgan fingerprint density at radius 1 is 0.769 bits per heavy atom. The third-order valence-corrected chi connectivity index (χ3v) is 13.1. The summed E-state index contributed by atoms with van der Waals surface area (Å²) in [5, 5.41) is 2.43. The minimum absolute atomic E-state index is 0.0849. The summed E-state index contributed by atoms with van der Waals surface area (Å²) in [5.41, 5.74) is 0.889. The summed E-state index contributed by atoms with van der Waals surface area (Å²) in [6.07, 6.45) is 18.0. The van der Waals surface area contributed by atoms with Crippen LogP contribution in [0.1, 0.15) is 119 Å². The van der Waals surface area contributed by atoms with Gasteiger partial charge in [0, 0.05) is 12.5 Å². The predicted molar refractivity (Wildman–Crippen MR) is 173 cm³/mol. The molecule has 39 heavy (non-hydrogen) atoms. The highest BCUT2D eigenvalue weighted by molar-refractivity contribution is 6.99. The lowest BCUT2D eigenvalue weighted by Gasteiger charge is -2.43. The number of hydrogen-bond donors (Lipinski definition) is 0. The number of carbonyl (C=O) groups excluding carboxylic acids is 1. The number of hydrogen-bond acceptors (Lipinski definition) is 2. The topological polar surface area (TPSA) is 26.3 Å². The number of ketones is 1. The molecule has 0 N–H and O–H groups in total. The third kappa shape index (κ3) is 10.5. The maximum atomic E-state index is 13.3. The van der Waals surface area contributed by atoms with Gasteiger partial charge in [0.15, 0.2) is 5.78 Å². The highest BCUT2D eigenvalue weighted by Crippen LogP contribution is 2.37. The van der Waals surface area contributed by atoms with Gasteiger partial charge in [-0.25, -0.2) is 0 Å². The first-order valence-electron chi connectivity index (χ1n) is 15.7. The normalized spacial score (nSPS) is 13.4. The maximum absolute atomic E-state index is 13.3. The molecule has 2 aromatic rings. The minimum Gasteiger partial charge on any atom is -0.407 e. The molecule has 0 saturated carbocycles. The van der Waals surface area contributed by atoms with Crippen molar-refractivity contribution in [1.29, 1.82) is 0 Å². The van der Waals surface area contributed by atoms with Crippen LogP contribution >= 0.6 is 0 Å². The number of allylic oxidation sites excluding steroid dienone is 2. The van der Waals surface area contributed by atoms with E-state index >= 15 is 0 Å². The van der Waals surface area contributed by atoms with E-state index in [2.05, 4.69) is 94.4 Å². The molecule has 2 nitrogen and oxygen atoms in total. The molecule has 0 aliphatic carbocycles. The molecule has 0 bridgehead atoms. The van der Waals surface area contributed by atoms with E-state index in [0.29, 0.717) is 6.61 Å². The zero-order valence-electron chi connectivity index (χ0n) is 25.9. The van der Waals surface area contributed by atoms with E-state index in [-0.39, 0.29) is 16.7 Å². The van der Waals surface area contributed by atoms with E-state index in [4.69, 9.17) is 4.43 Å². The van der Waals surface area contributed by atoms with E-state index < -0.39 is 8.32 Å². The summed E-state index contributed by atoms with van der Waals surface area (Å²) >= 11 is 0. The minimum atomic E-state index is -2.62. The molecular formula is C36H56O2Si. The molecule has 3 heteroatoms. The standard InChI is InChI=1S/C36H56O2Si/c1-7-8-9-10-11-12-13-14-15-16-17-20-25-31(2)35(37)32(3)30-38-39(36(4,5)6,33-26-21-18-22-27-33)34-28-23-19-24-29-34/h18-19,21-29,32H,7-17,20,30H2,1-6H3/b31-25+/t32-/m0/s1. The molecule has 1 atom stereocenters. The quantitative estimate of drug-likeness (QED) is 0.0992. The second-order valence-electron chi connectivity index (χ2n) is 12.5. The van der Waals surface area contributed by atoms with Crippen molar-refractivity contribution in [3.8, 4) is 0 Å². The summed E-state index contributed by atoms with van der Waals surface area (Å²) in [6.45, 7) is 13.6. The van der Waals surface area contributed by atoms with Crippen molar-refractivity contribution in [2.75, 3.05) is 6.61 Å². The lowest BCUT2D eigenvalue weighted by Crippen LogP contribution is -2.67. The Morgan fingerprint density at radius 2 is 1.21 bits per heavy atom. The molecule has 0 heterocycles. The fourth-order valence-electron chi connectivity index (χ4n) is 5.70.